The molecule has 0 amide bonds. The Morgan fingerprint density at radius 1 is 1.17 bits per heavy atom. The fourth-order valence-electron chi connectivity index (χ4n) is 2.42. The summed E-state index contributed by atoms with van der Waals surface area (Å²) in [6, 6.07) is 2.16. The maximum absolute atomic E-state index is 10.3. The molecule has 1 unspecified atom stereocenters. The molecule has 94 valence electrons. The SMILES string of the molecule is OC(c1cnccn1)c1cc2c(s1)CCCCC2. The number of hydrogen-bond acceptors (Lipinski definition) is 4. The largest absolute Gasteiger partial charge is 0.381 e. The van der Waals surface area contributed by atoms with E-state index in [1.165, 1.54) is 29.7 Å². The van der Waals surface area contributed by atoms with E-state index >= 15 is 0 Å². The number of hydrogen-bond donors (Lipinski definition) is 1. The Morgan fingerprint density at radius 3 is 2.89 bits per heavy atom. The molecule has 0 bridgehead atoms. The van der Waals surface area contributed by atoms with Crippen molar-refractivity contribution in [3.63, 3.8) is 0 Å². The first-order valence-electron chi connectivity index (χ1n) is 6.40. The van der Waals surface area contributed by atoms with E-state index in [9.17, 15) is 5.11 Å². The van der Waals surface area contributed by atoms with Crippen LogP contribution in [0.3, 0.4) is 0 Å². The van der Waals surface area contributed by atoms with Gasteiger partial charge in [0.25, 0.3) is 0 Å². The third-order valence-electron chi connectivity index (χ3n) is 3.40. The number of aliphatic hydroxyl groups is 1. The molecule has 18 heavy (non-hydrogen) atoms. The van der Waals surface area contributed by atoms with Crippen molar-refractivity contribution < 1.29 is 5.11 Å². The molecule has 4 heteroatoms. The van der Waals surface area contributed by atoms with Crippen LogP contribution >= 0.6 is 11.3 Å². The van der Waals surface area contributed by atoms with E-state index in [4.69, 9.17) is 0 Å². The van der Waals surface area contributed by atoms with Gasteiger partial charge in [0.05, 0.1) is 11.9 Å². The fraction of sp³-hybridized carbons (Fsp3) is 0.429. The van der Waals surface area contributed by atoms with E-state index in [-0.39, 0.29) is 0 Å². The second kappa shape index (κ2) is 5.16. The highest BCUT2D eigenvalue weighted by atomic mass is 32.1. The maximum Gasteiger partial charge on any atom is 0.132 e. The molecule has 3 rings (SSSR count). The normalized spacial score (nSPS) is 16.9. The molecule has 3 nitrogen and oxygen atoms in total. The number of aromatic nitrogens is 2. The number of aryl methyl sites for hydroxylation is 2. The van der Waals surface area contributed by atoms with Gasteiger partial charge < -0.3 is 5.11 Å². The summed E-state index contributed by atoms with van der Waals surface area (Å²) in [5, 5.41) is 10.3. The highest BCUT2D eigenvalue weighted by Crippen LogP contribution is 2.33. The molecule has 1 N–H and O–H groups in total. The summed E-state index contributed by atoms with van der Waals surface area (Å²) < 4.78 is 0. The summed E-state index contributed by atoms with van der Waals surface area (Å²) in [7, 11) is 0. The van der Waals surface area contributed by atoms with Gasteiger partial charge in [0.1, 0.15) is 6.10 Å². The first kappa shape index (κ1) is 11.8. The molecule has 0 saturated heterocycles. The van der Waals surface area contributed by atoms with Crippen molar-refractivity contribution in [2.24, 2.45) is 0 Å². The molecule has 0 radical (unpaired) electrons. The van der Waals surface area contributed by atoms with Gasteiger partial charge in [-0.1, -0.05) is 6.42 Å². The average Bonchev–Trinajstić information content (AvgIpc) is 2.70. The first-order valence-corrected chi connectivity index (χ1v) is 7.21. The molecule has 1 aliphatic carbocycles. The van der Waals surface area contributed by atoms with E-state index in [1.807, 2.05) is 0 Å². The summed E-state index contributed by atoms with van der Waals surface area (Å²) >= 11 is 1.73. The van der Waals surface area contributed by atoms with E-state index in [2.05, 4.69) is 16.0 Å². The topological polar surface area (TPSA) is 46.0 Å². The molecule has 1 atom stereocenters. The smallest absolute Gasteiger partial charge is 0.132 e. The molecule has 1 aliphatic rings. The van der Waals surface area contributed by atoms with E-state index in [0.717, 1.165) is 17.7 Å². The van der Waals surface area contributed by atoms with Crippen LogP contribution in [-0.4, -0.2) is 15.1 Å². The lowest BCUT2D eigenvalue weighted by atomic mass is 10.1. The maximum atomic E-state index is 10.3. The van der Waals surface area contributed by atoms with Crippen LogP contribution in [0.5, 0.6) is 0 Å². The molecule has 0 aromatic carbocycles. The molecule has 2 aromatic heterocycles. The van der Waals surface area contributed by atoms with Crippen LogP contribution in [0.15, 0.2) is 24.7 Å². The minimum atomic E-state index is -0.629. The number of aliphatic hydroxyl groups excluding tert-OH is 1. The van der Waals surface area contributed by atoms with Crippen LogP contribution < -0.4 is 0 Å². The zero-order chi connectivity index (χ0) is 12.4. The van der Waals surface area contributed by atoms with Gasteiger partial charge in [-0.15, -0.1) is 11.3 Å². The summed E-state index contributed by atoms with van der Waals surface area (Å²) in [6.07, 6.45) is 10.4. The highest BCUT2D eigenvalue weighted by molar-refractivity contribution is 7.12. The molecule has 0 aliphatic heterocycles. The average molecular weight is 260 g/mol. The Bertz CT molecular complexity index is 500. The lowest BCUT2D eigenvalue weighted by Gasteiger charge is -2.06. The molecule has 0 saturated carbocycles. The Hall–Kier alpha value is -1.26. The monoisotopic (exact) mass is 260 g/mol. The molecule has 2 heterocycles. The number of nitrogens with zero attached hydrogens (tertiary/aromatic N) is 2. The van der Waals surface area contributed by atoms with Crippen molar-refractivity contribution in [2.75, 3.05) is 0 Å². The highest BCUT2D eigenvalue weighted by Gasteiger charge is 2.18. The van der Waals surface area contributed by atoms with Crippen LogP contribution in [-0.2, 0) is 12.8 Å². The van der Waals surface area contributed by atoms with Crippen LogP contribution in [0.4, 0.5) is 0 Å². The third-order valence-corrected chi connectivity index (χ3v) is 4.69. The van der Waals surface area contributed by atoms with Crippen LogP contribution in [0.1, 0.15) is 46.4 Å². The minimum Gasteiger partial charge on any atom is -0.381 e. The van der Waals surface area contributed by atoms with Gasteiger partial charge in [-0.3, -0.25) is 9.97 Å². The number of rotatable bonds is 2. The van der Waals surface area contributed by atoms with Gasteiger partial charge in [-0.25, -0.2) is 0 Å². The lowest BCUT2D eigenvalue weighted by Crippen LogP contribution is -2.00. The van der Waals surface area contributed by atoms with E-state index in [1.54, 1.807) is 29.9 Å². The number of fused-ring (bicyclic) bond motifs is 1. The van der Waals surface area contributed by atoms with Crippen molar-refractivity contribution in [1.29, 1.82) is 0 Å². The van der Waals surface area contributed by atoms with Crippen LogP contribution in [0.25, 0.3) is 0 Å². The van der Waals surface area contributed by atoms with Gasteiger partial charge in [0.2, 0.25) is 0 Å². The Labute approximate surface area is 111 Å². The van der Waals surface area contributed by atoms with Crippen molar-refractivity contribution in [2.45, 2.75) is 38.2 Å². The quantitative estimate of drug-likeness (QED) is 0.844. The summed E-state index contributed by atoms with van der Waals surface area (Å²) in [5.41, 5.74) is 2.06. The molecular weight excluding hydrogens is 244 g/mol. The molecular formula is C14H16N2OS. The fourth-order valence-corrected chi connectivity index (χ4v) is 3.68. The van der Waals surface area contributed by atoms with Crippen molar-refractivity contribution in [3.05, 3.63) is 45.7 Å². The van der Waals surface area contributed by atoms with E-state index < -0.39 is 6.10 Å². The first-order chi connectivity index (χ1) is 8.84. The predicted molar refractivity (Wildman–Crippen MR) is 71.7 cm³/mol. The van der Waals surface area contributed by atoms with Gasteiger partial charge in [-0.05, 0) is 37.3 Å². The second-order valence-electron chi connectivity index (χ2n) is 4.69. The van der Waals surface area contributed by atoms with Gasteiger partial charge >= 0.3 is 0 Å². The van der Waals surface area contributed by atoms with Gasteiger partial charge in [0.15, 0.2) is 0 Å². The Balaban J connectivity index is 1.89. The summed E-state index contributed by atoms with van der Waals surface area (Å²) in [6.45, 7) is 0. The van der Waals surface area contributed by atoms with Gasteiger partial charge in [0, 0.05) is 22.1 Å². The van der Waals surface area contributed by atoms with Crippen molar-refractivity contribution in [3.8, 4) is 0 Å². The van der Waals surface area contributed by atoms with Crippen molar-refractivity contribution >= 4 is 11.3 Å². The van der Waals surface area contributed by atoms with E-state index in [0.29, 0.717) is 5.69 Å². The van der Waals surface area contributed by atoms with Crippen molar-refractivity contribution in [1.82, 2.24) is 9.97 Å². The lowest BCUT2D eigenvalue weighted by molar-refractivity contribution is 0.218. The van der Waals surface area contributed by atoms with Crippen LogP contribution in [0, 0.1) is 0 Å². The molecule has 2 aromatic rings. The zero-order valence-corrected chi connectivity index (χ0v) is 11.0. The predicted octanol–water partition coefficient (Wildman–Crippen LogP) is 2.89. The Morgan fingerprint density at radius 2 is 2.06 bits per heavy atom. The summed E-state index contributed by atoms with van der Waals surface area (Å²) in [5.74, 6) is 0. The minimum absolute atomic E-state index is 0.629. The van der Waals surface area contributed by atoms with Crippen LogP contribution in [0.2, 0.25) is 0 Å². The zero-order valence-electron chi connectivity index (χ0n) is 10.2. The molecule has 0 fully saturated rings. The number of thiophene rings is 1. The standard InChI is InChI=1S/C14H16N2OS/c17-14(11-9-15-6-7-16-11)13-8-10-4-2-1-3-5-12(10)18-13/h6-9,14,17H,1-5H2. The third kappa shape index (κ3) is 2.31. The molecule has 0 spiro atoms. The summed E-state index contributed by atoms with van der Waals surface area (Å²) in [4.78, 5) is 10.6. The van der Waals surface area contributed by atoms with Gasteiger partial charge in [-0.2, -0.15) is 0 Å². The second-order valence-corrected chi connectivity index (χ2v) is 5.86. The Kier molecular flexibility index (Phi) is 3.39.